The molecule has 2 aromatic rings. The minimum atomic E-state index is -3.57. The lowest BCUT2D eigenvalue weighted by Gasteiger charge is -2.20. The van der Waals surface area contributed by atoms with Crippen molar-refractivity contribution < 1.29 is 12.6 Å². The fourth-order valence-electron chi connectivity index (χ4n) is 2.98. The Morgan fingerprint density at radius 3 is 2.48 bits per heavy atom. The molecule has 2 rings (SSSR count). The van der Waals surface area contributed by atoms with Crippen LogP contribution < -0.4 is 0 Å². The average molecular weight is 423 g/mol. The molecule has 0 fully saturated rings. The second-order valence-corrected chi connectivity index (χ2v) is 9.36. The SMILES string of the molecule is C=CCS(=O)(=O)c1cc(C(C(CCCC)=S=O)c2ccccc2)ccc1Cl. The van der Waals surface area contributed by atoms with E-state index in [1.54, 1.807) is 18.2 Å². The van der Waals surface area contributed by atoms with E-state index in [1.807, 2.05) is 30.3 Å². The van der Waals surface area contributed by atoms with Crippen molar-refractivity contribution in [1.82, 2.24) is 0 Å². The van der Waals surface area contributed by atoms with Gasteiger partial charge < -0.3 is 0 Å². The maximum absolute atomic E-state index is 12.5. The van der Waals surface area contributed by atoms with Crippen LogP contribution in [0.2, 0.25) is 5.02 Å². The minimum Gasteiger partial charge on any atom is -0.223 e. The number of sulfone groups is 1. The molecule has 144 valence electrons. The molecule has 1 unspecified atom stereocenters. The Bertz CT molecular complexity index is 947. The van der Waals surface area contributed by atoms with E-state index in [-0.39, 0.29) is 21.6 Å². The second-order valence-electron chi connectivity index (χ2n) is 6.26. The summed E-state index contributed by atoms with van der Waals surface area (Å²) in [5.74, 6) is -0.468. The molecule has 3 nitrogen and oxygen atoms in total. The lowest BCUT2D eigenvalue weighted by atomic mass is 9.86. The number of hydrogen-bond donors (Lipinski definition) is 0. The van der Waals surface area contributed by atoms with Crippen molar-refractivity contribution in [2.24, 2.45) is 0 Å². The molecule has 0 radical (unpaired) electrons. The molecule has 0 amide bonds. The Hall–Kier alpha value is -1.69. The van der Waals surface area contributed by atoms with Crippen LogP contribution in [0.1, 0.15) is 43.2 Å². The normalized spacial score (nSPS) is 12.4. The van der Waals surface area contributed by atoms with Crippen LogP contribution in [0.5, 0.6) is 0 Å². The molecule has 0 saturated heterocycles. The van der Waals surface area contributed by atoms with E-state index in [4.69, 9.17) is 11.6 Å². The fraction of sp³-hybridized carbons (Fsp3) is 0.286. The van der Waals surface area contributed by atoms with Gasteiger partial charge in [0.2, 0.25) is 0 Å². The quantitative estimate of drug-likeness (QED) is 0.421. The molecular formula is C21H23ClO3S2. The standard InChI is InChI=1S/C21H23ClO3S2/c1-3-5-11-19(26-23)21(16-9-7-6-8-10-16)17-12-13-18(22)20(15-17)27(24,25)14-4-2/h4,6-10,12-13,15,21H,2-3,5,11,14H2,1H3. The highest BCUT2D eigenvalue weighted by atomic mass is 35.5. The van der Waals surface area contributed by atoms with Gasteiger partial charge in [0.15, 0.2) is 9.84 Å². The molecule has 2 aromatic carbocycles. The highest BCUT2D eigenvalue weighted by molar-refractivity contribution is 7.91. The van der Waals surface area contributed by atoms with Crippen LogP contribution in [0, 0.1) is 0 Å². The number of rotatable bonds is 9. The Kier molecular flexibility index (Phi) is 8.02. The van der Waals surface area contributed by atoms with Gasteiger partial charge in [-0.1, -0.05) is 67.4 Å². The van der Waals surface area contributed by atoms with Crippen LogP contribution in [-0.2, 0) is 21.1 Å². The summed E-state index contributed by atoms with van der Waals surface area (Å²) in [7, 11) is -3.57. The van der Waals surface area contributed by atoms with Gasteiger partial charge in [0.25, 0.3) is 0 Å². The van der Waals surface area contributed by atoms with Gasteiger partial charge in [-0.25, -0.2) is 12.6 Å². The second kappa shape index (κ2) is 10.0. The van der Waals surface area contributed by atoms with E-state index in [9.17, 15) is 12.6 Å². The molecule has 27 heavy (non-hydrogen) atoms. The molecule has 0 N–H and O–H groups in total. The van der Waals surface area contributed by atoms with Gasteiger partial charge in [0, 0.05) is 10.8 Å². The van der Waals surface area contributed by atoms with Gasteiger partial charge in [0.1, 0.15) is 0 Å². The maximum atomic E-state index is 12.5. The van der Waals surface area contributed by atoms with Crippen LogP contribution >= 0.6 is 11.6 Å². The largest absolute Gasteiger partial charge is 0.223 e. The number of unbranched alkanes of at least 4 members (excludes halogenated alkanes) is 1. The smallest absolute Gasteiger partial charge is 0.183 e. The zero-order valence-corrected chi connectivity index (χ0v) is 17.6. The highest BCUT2D eigenvalue weighted by Crippen LogP contribution is 2.32. The molecule has 0 aliphatic heterocycles. The van der Waals surface area contributed by atoms with Crippen LogP contribution in [0.25, 0.3) is 0 Å². The van der Waals surface area contributed by atoms with E-state index < -0.39 is 9.84 Å². The first-order valence-corrected chi connectivity index (χ1v) is 11.5. The summed E-state index contributed by atoms with van der Waals surface area (Å²) in [6.45, 7) is 5.59. The Labute approximate surface area is 170 Å². The lowest BCUT2D eigenvalue weighted by molar-refractivity contribution is 0.599. The van der Waals surface area contributed by atoms with Gasteiger partial charge in [-0.15, -0.1) is 6.58 Å². The van der Waals surface area contributed by atoms with Gasteiger partial charge in [-0.2, -0.15) is 0 Å². The fourth-order valence-corrected chi connectivity index (χ4v) is 5.21. The number of halogens is 1. The van der Waals surface area contributed by atoms with Crippen LogP contribution in [-0.4, -0.2) is 23.2 Å². The third-order valence-electron chi connectivity index (χ3n) is 4.30. The number of benzene rings is 2. The van der Waals surface area contributed by atoms with Crippen molar-refractivity contribution >= 4 is 37.6 Å². The summed E-state index contributed by atoms with van der Waals surface area (Å²) in [5.41, 5.74) is 1.71. The van der Waals surface area contributed by atoms with Crippen LogP contribution in [0.3, 0.4) is 0 Å². The molecule has 0 spiro atoms. The summed E-state index contributed by atoms with van der Waals surface area (Å²) in [5, 5.41) is 0.178. The van der Waals surface area contributed by atoms with E-state index in [1.165, 1.54) is 6.08 Å². The molecule has 0 saturated carbocycles. The van der Waals surface area contributed by atoms with Crippen LogP contribution in [0.4, 0.5) is 0 Å². The third kappa shape index (κ3) is 5.41. The maximum Gasteiger partial charge on any atom is 0.183 e. The summed E-state index contributed by atoms with van der Waals surface area (Å²) in [4.78, 5) is 0.852. The third-order valence-corrected chi connectivity index (χ3v) is 7.08. The zero-order valence-electron chi connectivity index (χ0n) is 15.2. The summed E-state index contributed by atoms with van der Waals surface area (Å²) in [6, 6.07) is 14.7. The van der Waals surface area contributed by atoms with E-state index in [2.05, 4.69) is 13.5 Å². The predicted octanol–water partition coefficient (Wildman–Crippen LogP) is 5.01. The van der Waals surface area contributed by atoms with Gasteiger partial charge in [-0.05, 0) is 36.1 Å². The Morgan fingerprint density at radius 1 is 1.19 bits per heavy atom. The summed E-state index contributed by atoms with van der Waals surface area (Å²) >= 11 is 6.68. The lowest BCUT2D eigenvalue weighted by Crippen LogP contribution is -2.15. The van der Waals surface area contributed by atoms with Gasteiger partial charge in [0.05, 0.1) is 26.9 Å². The van der Waals surface area contributed by atoms with E-state index in [0.717, 1.165) is 28.8 Å². The monoisotopic (exact) mass is 422 g/mol. The van der Waals surface area contributed by atoms with Gasteiger partial charge >= 0.3 is 0 Å². The molecule has 0 aliphatic carbocycles. The van der Waals surface area contributed by atoms with E-state index >= 15 is 0 Å². The minimum absolute atomic E-state index is 0.0771. The molecule has 0 aromatic heterocycles. The zero-order chi connectivity index (χ0) is 19.9. The van der Waals surface area contributed by atoms with Crippen molar-refractivity contribution in [2.45, 2.75) is 37.0 Å². The van der Waals surface area contributed by atoms with Crippen molar-refractivity contribution in [3.63, 3.8) is 0 Å². The van der Waals surface area contributed by atoms with Crippen molar-refractivity contribution in [2.75, 3.05) is 5.75 Å². The molecule has 0 bridgehead atoms. The topological polar surface area (TPSA) is 51.2 Å². The molecule has 1 atom stereocenters. The Balaban J connectivity index is 2.63. The molecule has 6 heteroatoms. The summed E-state index contributed by atoms with van der Waals surface area (Å²) in [6.07, 6.45) is 3.91. The Morgan fingerprint density at radius 2 is 1.89 bits per heavy atom. The van der Waals surface area contributed by atoms with Crippen molar-refractivity contribution in [3.8, 4) is 0 Å². The molecule has 0 aliphatic rings. The van der Waals surface area contributed by atoms with E-state index in [0.29, 0.717) is 17.7 Å². The summed E-state index contributed by atoms with van der Waals surface area (Å²) < 4.78 is 37.0. The average Bonchev–Trinajstić information content (AvgIpc) is 2.66. The van der Waals surface area contributed by atoms with Crippen LogP contribution in [0.15, 0.2) is 66.1 Å². The van der Waals surface area contributed by atoms with Crippen molar-refractivity contribution in [3.05, 3.63) is 77.3 Å². The molecule has 0 heterocycles. The first kappa shape index (κ1) is 21.6. The van der Waals surface area contributed by atoms with Gasteiger partial charge in [-0.3, -0.25) is 0 Å². The highest BCUT2D eigenvalue weighted by Gasteiger charge is 2.24. The first-order chi connectivity index (χ1) is 12.9. The predicted molar refractivity (Wildman–Crippen MR) is 115 cm³/mol. The van der Waals surface area contributed by atoms with Crippen molar-refractivity contribution in [1.29, 1.82) is 0 Å². The number of hydrogen-bond acceptors (Lipinski definition) is 3. The molecular weight excluding hydrogens is 400 g/mol. The first-order valence-electron chi connectivity index (χ1n) is 8.78.